The van der Waals surface area contributed by atoms with Crippen LogP contribution in [0.15, 0.2) is 53.8 Å². The molecule has 0 radical (unpaired) electrons. The molecule has 2 aliphatic heterocycles. The molecule has 2 aliphatic rings. The summed E-state index contributed by atoms with van der Waals surface area (Å²) in [5.41, 5.74) is 2.04. The molecule has 4 nitrogen and oxygen atoms in total. The van der Waals surface area contributed by atoms with E-state index in [1.807, 2.05) is 24.5 Å². The van der Waals surface area contributed by atoms with E-state index in [0.29, 0.717) is 5.92 Å². The van der Waals surface area contributed by atoms with Crippen LogP contribution < -0.4 is 10.6 Å². The SMILES string of the molecule is CC(=O)Nc1ccc(C2C=CN=C3NC=CC32)cc1. The van der Waals surface area contributed by atoms with Crippen molar-refractivity contribution in [1.82, 2.24) is 5.32 Å². The number of benzene rings is 1. The molecule has 19 heavy (non-hydrogen) atoms. The standard InChI is InChI=1S/C15H15N3O/c1-10(19)18-12-4-2-11(3-5-12)13-6-8-16-15-14(13)7-9-17-15/h2-9,13-14H,1H3,(H,16,17)(H,18,19). The van der Waals surface area contributed by atoms with Crippen LogP contribution in [0.3, 0.4) is 0 Å². The van der Waals surface area contributed by atoms with Crippen molar-refractivity contribution >= 4 is 17.4 Å². The zero-order valence-electron chi connectivity index (χ0n) is 10.6. The minimum absolute atomic E-state index is 0.0531. The summed E-state index contributed by atoms with van der Waals surface area (Å²) in [6, 6.07) is 7.97. The van der Waals surface area contributed by atoms with Gasteiger partial charge in [-0.2, -0.15) is 0 Å². The first kappa shape index (κ1) is 11.7. The van der Waals surface area contributed by atoms with Gasteiger partial charge in [0.1, 0.15) is 5.84 Å². The minimum Gasteiger partial charge on any atom is -0.350 e. The number of aliphatic imine (C=N–C) groups is 1. The molecule has 1 amide bonds. The number of amides is 1. The van der Waals surface area contributed by atoms with Gasteiger partial charge in [0.05, 0.1) is 0 Å². The second-order valence-corrected chi connectivity index (χ2v) is 4.71. The molecule has 2 unspecified atom stereocenters. The van der Waals surface area contributed by atoms with Gasteiger partial charge in [0.15, 0.2) is 0 Å². The summed E-state index contributed by atoms with van der Waals surface area (Å²) in [6.45, 7) is 1.51. The van der Waals surface area contributed by atoms with E-state index in [2.05, 4.69) is 39.9 Å². The summed E-state index contributed by atoms with van der Waals surface area (Å²) in [4.78, 5) is 15.3. The van der Waals surface area contributed by atoms with E-state index in [9.17, 15) is 4.79 Å². The summed E-state index contributed by atoms with van der Waals surface area (Å²) >= 11 is 0. The number of rotatable bonds is 2. The molecular weight excluding hydrogens is 238 g/mol. The first-order valence-corrected chi connectivity index (χ1v) is 6.29. The topological polar surface area (TPSA) is 53.5 Å². The number of nitrogens with one attached hydrogen (secondary N) is 2. The first-order chi connectivity index (χ1) is 9.24. The molecule has 2 N–H and O–H groups in total. The largest absolute Gasteiger partial charge is 0.350 e. The average molecular weight is 253 g/mol. The fourth-order valence-electron chi connectivity index (χ4n) is 2.48. The van der Waals surface area contributed by atoms with E-state index in [1.165, 1.54) is 12.5 Å². The monoisotopic (exact) mass is 253 g/mol. The molecule has 1 aromatic rings. The lowest BCUT2D eigenvalue weighted by molar-refractivity contribution is -0.114. The number of allylic oxidation sites excluding steroid dienone is 1. The van der Waals surface area contributed by atoms with Gasteiger partial charge >= 0.3 is 0 Å². The number of hydrogen-bond donors (Lipinski definition) is 2. The van der Waals surface area contributed by atoms with Crippen LogP contribution in [-0.2, 0) is 4.79 Å². The van der Waals surface area contributed by atoms with Gasteiger partial charge in [0.2, 0.25) is 5.91 Å². The Balaban J connectivity index is 1.83. The van der Waals surface area contributed by atoms with Gasteiger partial charge in [-0.05, 0) is 23.9 Å². The van der Waals surface area contributed by atoms with Gasteiger partial charge in [0, 0.05) is 30.6 Å². The lowest BCUT2D eigenvalue weighted by Gasteiger charge is -2.22. The second-order valence-electron chi connectivity index (χ2n) is 4.71. The third kappa shape index (κ3) is 2.29. The summed E-state index contributed by atoms with van der Waals surface area (Å²) < 4.78 is 0. The molecule has 96 valence electrons. The van der Waals surface area contributed by atoms with E-state index >= 15 is 0 Å². The molecule has 1 aromatic carbocycles. The number of carbonyl (C=O) groups excluding carboxylic acids is 1. The van der Waals surface area contributed by atoms with Crippen molar-refractivity contribution in [3.05, 3.63) is 54.4 Å². The van der Waals surface area contributed by atoms with E-state index in [0.717, 1.165) is 11.5 Å². The van der Waals surface area contributed by atoms with Gasteiger partial charge in [-0.25, -0.2) is 4.99 Å². The molecule has 0 bridgehead atoms. The molecule has 3 rings (SSSR count). The smallest absolute Gasteiger partial charge is 0.221 e. The van der Waals surface area contributed by atoms with Crippen LogP contribution in [0.25, 0.3) is 0 Å². The predicted molar refractivity (Wildman–Crippen MR) is 75.8 cm³/mol. The Hall–Kier alpha value is -2.36. The molecule has 0 aliphatic carbocycles. The first-order valence-electron chi connectivity index (χ1n) is 6.29. The van der Waals surface area contributed by atoms with Crippen LogP contribution in [0, 0.1) is 5.92 Å². The third-order valence-corrected chi connectivity index (χ3v) is 3.36. The normalized spacial score (nSPS) is 23.5. The van der Waals surface area contributed by atoms with Crippen LogP contribution >= 0.6 is 0 Å². The van der Waals surface area contributed by atoms with Gasteiger partial charge in [-0.15, -0.1) is 0 Å². The molecule has 0 spiro atoms. The predicted octanol–water partition coefficient (Wildman–Crippen LogP) is 2.39. The van der Waals surface area contributed by atoms with Crippen molar-refractivity contribution in [1.29, 1.82) is 0 Å². The fourth-order valence-corrected chi connectivity index (χ4v) is 2.48. The second kappa shape index (κ2) is 4.72. The van der Waals surface area contributed by atoms with Crippen LogP contribution in [0.2, 0.25) is 0 Å². The van der Waals surface area contributed by atoms with Gasteiger partial charge < -0.3 is 10.6 Å². The van der Waals surface area contributed by atoms with Crippen molar-refractivity contribution in [3.63, 3.8) is 0 Å². The Morgan fingerprint density at radius 3 is 2.74 bits per heavy atom. The fraction of sp³-hybridized carbons (Fsp3) is 0.200. The minimum atomic E-state index is -0.0531. The van der Waals surface area contributed by atoms with Crippen molar-refractivity contribution < 1.29 is 4.79 Å². The Kier molecular flexibility index (Phi) is 2.91. The van der Waals surface area contributed by atoms with Crippen molar-refractivity contribution in [2.45, 2.75) is 12.8 Å². The molecular formula is C15H15N3O. The Morgan fingerprint density at radius 2 is 2.00 bits per heavy atom. The molecule has 0 saturated carbocycles. The highest BCUT2D eigenvalue weighted by atomic mass is 16.1. The molecule has 2 heterocycles. The lowest BCUT2D eigenvalue weighted by Crippen LogP contribution is -2.25. The number of carbonyl (C=O) groups is 1. The number of fused-ring (bicyclic) bond motifs is 1. The Morgan fingerprint density at radius 1 is 1.21 bits per heavy atom. The van der Waals surface area contributed by atoms with Gasteiger partial charge in [-0.3, -0.25) is 4.79 Å². The molecule has 4 heteroatoms. The quantitative estimate of drug-likeness (QED) is 0.850. The van der Waals surface area contributed by atoms with E-state index in [1.54, 1.807) is 0 Å². The maximum atomic E-state index is 11.0. The average Bonchev–Trinajstić information content (AvgIpc) is 2.87. The Bertz CT molecular complexity index is 584. The van der Waals surface area contributed by atoms with E-state index < -0.39 is 0 Å². The molecule has 0 aromatic heterocycles. The highest BCUT2D eigenvalue weighted by molar-refractivity contribution is 5.92. The van der Waals surface area contributed by atoms with Crippen LogP contribution in [-0.4, -0.2) is 11.7 Å². The highest BCUT2D eigenvalue weighted by Crippen LogP contribution is 2.33. The molecule has 0 saturated heterocycles. The van der Waals surface area contributed by atoms with Crippen molar-refractivity contribution in [2.75, 3.05) is 5.32 Å². The highest BCUT2D eigenvalue weighted by Gasteiger charge is 2.28. The van der Waals surface area contributed by atoms with Gasteiger partial charge in [-0.1, -0.05) is 24.3 Å². The number of nitrogens with zero attached hydrogens (tertiary/aromatic N) is 1. The summed E-state index contributed by atoms with van der Waals surface area (Å²) in [6.07, 6.45) is 8.03. The van der Waals surface area contributed by atoms with Crippen molar-refractivity contribution in [2.24, 2.45) is 10.9 Å². The van der Waals surface area contributed by atoms with Gasteiger partial charge in [0.25, 0.3) is 0 Å². The summed E-state index contributed by atoms with van der Waals surface area (Å²) in [5.74, 6) is 1.53. The van der Waals surface area contributed by atoms with E-state index in [-0.39, 0.29) is 11.8 Å². The number of anilines is 1. The van der Waals surface area contributed by atoms with Crippen LogP contribution in [0.5, 0.6) is 0 Å². The maximum Gasteiger partial charge on any atom is 0.221 e. The summed E-state index contributed by atoms with van der Waals surface area (Å²) in [7, 11) is 0. The number of hydrogen-bond acceptors (Lipinski definition) is 3. The Labute approximate surface area is 111 Å². The zero-order chi connectivity index (χ0) is 13.2. The van der Waals surface area contributed by atoms with Crippen LogP contribution in [0.4, 0.5) is 5.69 Å². The maximum absolute atomic E-state index is 11.0. The lowest BCUT2D eigenvalue weighted by atomic mass is 9.85. The van der Waals surface area contributed by atoms with Crippen LogP contribution in [0.1, 0.15) is 18.4 Å². The summed E-state index contributed by atoms with van der Waals surface area (Å²) in [5, 5.41) is 5.93. The van der Waals surface area contributed by atoms with E-state index in [4.69, 9.17) is 0 Å². The van der Waals surface area contributed by atoms with Crippen molar-refractivity contribution in [3.8, 4) is 0 Å². The molecule has 2 atom stereocenters. The number of amidine groups is 1. The molecule has 0 fully saturated rings. The third-order valence-electron chi connectivity index (χ3n) is 3.36. The zero-order valence-corrected chi connectivity index (χ0v) is 10.6.